The predicted molar refractivity (Wildman–Crippen MR) is 36.2 cm³/mol. The van der Waals surface area contributed by atoms with Gasteiger partial charge in [0.25, 0.3) is 0 Å². The second-order valence-corrected chi connectivity index (χ2v) is 3.34. The van der Waals surface area contributed by atoms with Gasteiger partial charge in [-0.3, -0.25) is 0 Å². The maximum absolute atomic E-state index is 12.6. The molecule has 0 radical (unpaired) electrons. The molecule has 0 aliphatic carbocycles. The van der Waals surface area contributed by atoms with Gasteiger partial charge < -0.3 is 4.20 Å². The Morgan fingerprint density at radius 3 is 2.53 bits per heavy atom. The normalized spacial score (nSPS) is 11.8. The van der Waals surface area contributed by atoms with E-state index in [9.17, 15) is 21.8 Å². The topological polar surface area (TPSA) is 32.3 Å². The van der Waals surface area contributed by atoms with Gasteiger partial charge >= 0.3 is 21.7 Å². The van der Waals surface area contributed by atoms with E-state index < -0.39 is 39.7 Å². The molecule has 1 aromatic rings. The second-order valence-electron chi connectivity index (χ2n) is 2.62. The monoisotopic (exact) mass is 288 g/mol. The quantitative estimate of drug-likeness (QED) is 0.792. The highest BCUT2D eigenvalue weighted by Gasteiger charge is 2.34. The minimum Gasteiger partial charge on any atom is -0.550 e. The lowest BCUT2D eigenvalue weighted by Gasteiger charge is -2.10. The molecule has 1 aromatic carbocycles. The van der Waals surface area contributed by atoms with Crippen LogP contribution in [0.15, 0.2) is 18.2 Å². The van der Waals surface area contributed by atoms with Gasteiger partial charge in [0.2, 0.25) is 0 Å². The molecule has 0 bridgehead atoms. The van der Waals surface area contributed by atoms with Crippen molar-refractivity contribution in [2.45, 2.75) is 12.8 Å². The number of hydrogen-bond acceptors (Lipinski definition) is 2. The summed E-state index contributed by atoms with van der Waals surface area (Å²) in [5.74, 6) is -0.976. The summed E-state index contributed by atoms with van der Waals surface area (Å²) in [7, 11) is 0. The molecule has 7 heteroatoms. The fraction of sp³-hybridized carbons (Fsp3) is 0.250. The van der Waals surface area contributed by atoms with Gasteiger partial charge in [0.15, 0.2) is 0 Å². The molecule has 1 rings (SSSR count). The zero-order valence-electron chi connectivity index (χ0n) is 7.15. The minimum absolute atomic E-state index is 0.242. The number of hydrogen-bond donors (Lipinski definition) is 0. The van der Waals surface area contributed by atoms with E-state index in [0.717, 1.165) is 12.1 Å². The van der Waals surface area contributed by atoms with Crippen molar-refractivity contribution in [3.05, 3.63) is 35.1 Å². The summed E-state index contributed by atoms with van der Waals surface area (Å²) in [6, 6.07) is 2.23. The Balaban J connectivity index is 3.04. The molecule has 0 saturated heterocycles. The van der Waals surface area contributed by atoms with E-state index in [4.69, 9.17) is 0 Å². The molecule has 0 amide bonds. The lowest BCUT2D eigenvalue weighted by molar-refractivity contribution is -1.27. The smallest absolute Gasteiger partial charge is 0.420 e. The zero-order valence-corrected chi connectivity index (χ0v) is 8.73. The summed E-state index contributed by atoms with van der Waals surface area (Å²) in [5.41, 5.74) is -1.35. The number of alkyl halides is 3. The van der Waals surface area contributed by atoms with E-state index in [1.54, 1.807) is 0 Å². The van der Waals surface area contributed by atoms with Crippen LogP contribution in [0.4, 0.5) is 17.6 Å². The van der Waals surface area contributed by atoms with Crippen molar-refractivity contribution in [1.29, 1.82) is 0 Å². The summed E-state index contributed by atoms with van der Waals surface area (Å²) in [4.78, 5) is 0. The number of halogens is 5. The SMILES string of the molecule is [O-][Br+]OCc1ccc(F)cc1C(F)(F)F. The zero-order chi connectivity index (χ0) is 11.5. The third-order valence-corrected chi connectivity index (χ3v) is 2.05. The highest BCUT2D eigenvalue weighted by molar-refractivity contribution is 5.29. The summed E-state index contributed by atoms with van der Waals surface area (Å²) in [6.07, 6.45) is -4.65. The van der Waals surface area contributed by atoms with Gasteiger partial charge in [0.05, 0.1) is 5.56 Å². The number of benzene rings is 1. The Morgan fingerprint density at radius 1 is 1.33 bits per heavy atom. The van der Waals surface area contributed by atoms with E-state index in [2.05, 4.69) is 3.83 Å². The Morgan fingerprint density at radius 2 is 2.00 bits per heavy atom. The highest BCUT2D eigenvalue weighted by Crippen LogP contribution is 2.32. The first-order valence-corrected chi connectivity index (χ1v) is 4.99. The van der Waals surface area contributed by atoms with Gasteiger partial charge in [0.1, 0.15) is 12.4 Å². The van der Waals surface area contributed by atoms with Gasteiger partial charge in [-0.15, -0.1) is 3.83 Å². The second kappa shape index (κ2) is 4.91. The van der Waals surface area contributed by atoms with Gasteiger partial charge in [-0.1, -0.05) is 6.07 Å². The Bertz CT molecular complexity index is 340. The molecule has 0 spiro atoms. The van der Waals surface area contributed by atoms with Crippen LogP contribution in [-0.2, 0) is 16.6 Å². The van der Waals surface area contributed by atoms with Gasteiger partial charge in [-0.25, -0.2) is 4.39 Å². The lowest BCUT2D eigenvalue weighted by atomic mass is 10.1. The van der Waals surface area contributed by atoms with Gasteiger partial charge in [0, 0.05) is 0 Å². The van der Waals surface area contributed by atoms with E-state index >= 15 is 0 Å². The third-order valence-electron chi connectivity index (χ3n) is 1.63. The molecular formula is C8H5BrF4O2. The summed E-state index contributed by atoms with van der Waals surface area (Å²) >= 11 is -1.18. The Labute approximate surface area is 89.6 Å². The van der Waals surface area contributed by atoms with E-state index in [-0.39, 0.29) is 5.56 Å². The minimum atomic E-state index is -4.65. The van der Waals surface area contributed by atoms with Crippen LogP contribution in [0.3, 0.4) is 0 Å². The largest absolute Gasteiger partial charge is 0.550 e. The molecule has 0 fully saturated rings. The van der Waals surface area contributed by atoms with Crippen LogP contribution in [-0.4, -0.2) is 0 Å². The molecule has 0 aromatic heterocycles. The van der Waals surface area contributed by atoms with Crippen LogP contribution in [0.5, 0.6) is 0 Å². The van der Waals surface area contributed by atoms with Crippen molar-refractivity contribution in [3.63, 3.8) is 0 Å². The Hall–Kier alpha value is -0.660. The van der Waals surface area contributed by atoms with Crippen molar-refractivity contribution in [1.82, 2.24) is 0 Å². The first kappa shape index (κ1) is 12.4. The van der Waals surface area contributed by atoms with Crippen LogP contribution in [0.25, 0.3) is 0 Å². The standard InChI is InChI=1S/C8H5BrF4O2/c10-6-2-1-5(4-15-9-14)7(3-6)8(11,12)13/h1-3H,4H2. The lowest BCUT2D eigenvalue weighted by Crippen LogP contribution is -2.12. The van der Waals surface area contributed by atoms with Crippen LogP contribution >= 0.6 is 0 Å². The predicted octanol–water partition coefficient (Wildman–Crippen LogP) is 1.64. The van der Waals surface area contributed by atoms with Gasteiger partial charge in [-0.2, -0.15) is 13.2 Å². The first-order valence-electron chi connectivity index (χ1n) is 3.69. The maximum atomic E-state index is 12.6. The molecule has 0 atom stereocenters. The fourth-order valence-corrected chi connectivity index (χ4v) is 1.36. The number of rotatable bonds is 3. The van der Waals surface area contributed by atoms with Crippen LogP contribution in [0.2, 0.25) is 0 Å². The molecule has 2 nitrogen and oxygen atoms in total. The van der Waals surface area contributed by atoms with E-state index in [0.29, 0.717) is 6.07 Å². The van der Waals surface area contributed by atoms with Crippen molar-refractivity contribution in [3.8, 4) is 0 Å². The van der Waals surface area contributed by atoms with Crippen molar-refractivity contribution < 1.29 is 41.1 Å². The van der Waals surface area contributed by atoms with Crippen molar-refractivity contribution >= 4 is 0 Å². The molecule has 0 aliphatic heterocycles. The molecule has 0 heterocycles. The highest BCUT2D eigenvalue weighted by atomic mass is 79.9. The van der Waals surface area contributed by atoms with Crippen LogP contribution < -0.4 is 4.20 Å². The summed E-state index contributed by atoms with van der Waals surface area (Å²) < 4.78 is 64.0. The first-order chi connectivity index (χ1) is 6.95. The molecule has 0 N–H and O–H groups in total. The molecule has 0 unspecified atom stereocenters. The van der Waals surface area contributed by atoms with E-state index in [1.807, 2.05) is 0 Å². The van der Waals surface area contributed by atoms with Crippen LogP contribution in [0.1, 0.15) is 11.1 Å². The fourth-order valence-electron chi connectivity index (χ4n) is 1.02. The Kier molecular flexibility index (Phi) is 4.06. The average molecular weight is 289 g/mol. The summed E-state index contributed by atoms with van der Waals surface area (Å²) in [6.45, 7) is -0.460. The van der Waals surface area contributed by atoms with E-state index in [1.165, 1.54) is 0 Å². The van der Waals surface area contributed by atoms with Crippen molar-refractivity contribution in [2.24, 2.45) is 0 Å². The average Bonchev–Trinajstić information content (AvgIpc) is 2.14. The molecule has 0 aliphatic rings. The maximum Gasteiger partial charge on any atom is 0.420 e. The molecule has 84 valence electrons. The molecule has 0 saturated carbocycles. The molecule has 15 heavy (non-hydrogen) atoms. The van der Waals surface area contributed by atoms with Crippen LogP contribution in [0, 0.1) is 21.4 Å². The third kappa shape index (κ3) is 3.44. The van der Waals surface area contributed by atoms with Gasteiger partial charge in [-0.05, 0) is 17.7 Å². The summed E-state index contributed by atoms with van der Waals surface area (Å²) in [5, 5.41) is 0. The molecular weight excluding hydrogens is 284 g/mol. The van der Waals surface area contributed by atoms with Crippen molar-refractivity contribution in [2.75, 3.05) is 0 Å².